The molecule has 1 rings (SSSR count). The molecule has 1 heterocycles. The number of nitrogens with zero attached hydrogens (tertiary/aromatic N) is 3. The number of aromatic nitrogens is 3. The predicted octanol–water partition coefficient (Wildman–Crippen LogP) is 2.63. The highest BCUT2D eigenvalue weighted by Crippen LogP contribution is 2.07. The standard InChI is InChI=1S/C16H33N4.C2H6O4S/c1-4-7-9-11-13-15-18-19(6-3)16(20(15)17)14-12-10-8-5-2;1-2-6-7(3,4)5/h4-14,17H2,1-3H3;2H2,1H3,(H,3,4,5)/q+1;/p-1. The van der Waals surface area contributed by atoms with E-state index in [9.17, 15) is 13.0 Å². The summed E-state index contributed by atoms with van der Waals surface area (Å²) in [6.07, 6.45) is 12.2. The Morgan fingerprint density at radius 2 is 1.56 bits per heavy atom. The Morgan fingerprint density at radius 3 is 1.96 bits per heavy atom. The van der Waals surface area contributed by atoms with Gasteiger partial charge in [-0.2, -0.15) is 0 Å². The van der Waals surface area contributed by atoms with E-state index in [0.29, 0.717) is 0 Å². The van der Waals surface area contributed by atoms with Gasteiger partial charge in [0.25, 0.3) is 11.6 Å². The quantitative estimate of drug-likeness (QED) is 0.177. The van der Waals surface area contributed by atoms with Crippen molar-refractivity contribution in [3.63, 3.8) is 0 Å². The molecule has 1 aromatic heterocycles. The van der Waals surface area contributed by atoms with Gasteiger partial charge in [0.2, 0.25) is 10.4 Å². The van der Waals surface area contributed by atoms with Gasteiger partial charge in [-0.15, -0.1) is 9.36 Å². The first-order valence-corrected chi connectivity index (χ1v) is 11.5. The summed E-state index contributed by atoms with van der Waals surface area (Å²) in [7, 11) is -4.42. The molecule has 0 aliphatic carbocycles. The molecular formula is C18H38N4O4S. The molecule has 0 unspecified atom stereocenters. The molecule has 0 spiro atoms. The van der Waals surface area contributed by atoms with Gasteiger partial charge in [-0.1, -0.05) is 52.4 Å². The summed E-state index contributed by atoms with van der Waals surface area (Å²) in [4.78, 5) is 0. The van der Waals surface area contributed by atoms with Gasteiger partial charge < -0.3 is 4.55 Å². The van der Waals surface area contributed by atoms with Crippen LogP contribution < -0.4 is 10.5 Å². The minimum Gasteiger partial charge on any atom is -0.726 e. The van der Waals surface area contributed by atoms with Crippen LogP contribution in [0.2, 0.25) is 0 Å². The Kier molecular flexibility index (Phi) is 14.2. The van der Waals surface area contributed by atoms with Gasteiger partial charge in [0.1, 0.15) is 6.54 Å². The maximum absolute atomic E-state index is 9.45. The van der Waals surface area contributed by atoms with Gasteiger partial charge in [-0.05, 0) is 26.7 Å². The van der Waals surface area contributed by atoms with Crippen molar-refractivity contribution in [2.75, 3.05) is 12.4 Å². The van der Waals surface area contributed by atoms with E-state index in [1.165, 1.54) is 64.1 Å². The van der Waals surface area contributed by atoms with Crippen molar-refractivity contribution >= 4 is 10.4 Å². The Morgan fingerprint density at radius 1 is 1.00 bits per heavy atom. The van der Waals surface area contributed by atoms with Crippen LogP contribution in [0.25, 0.3) is 0 Å². The summed E-state index contributed by atoms with van der Waals surface area (Å²) in [5.41, 5.74) is 0. The van der Waals surface area contributed by atoms with Crippen molar-refractivity contribution in [1.82, 2.24) is 9.78 Å². The second kappa shape index (κ2) is 14.8. The average Bonchev–Trinajstić information content (AvgIpc) is 2.91. The zero-order chi connectivity index (χ0) is 20.7. The molecular weight excluding hydrogens is 368 g/mol. The lowest BCUT2D eigenvalue weighted by Crippen LogP contribution is -2.50. The van der Waals surface area contributed by atoms with E-state index in [4.69, 9.17) is 5.84 Å². The fourth-order valence-electron chi connectivity index (χ4n) is 2.76. The summed E-state index contributed by atoms with van der Waals surface area (Å²) in [6.45, 7) is 8.87. The Hall–Kier alpha value is -1.19. The molecule has 0 radical (unpaired) electrons. The first kappa shape index (κ1) is 25.8. The number of aryl methyl sites for hydroxylation is 2. The van der Waals surface area contributed by atoms with Crippen LogP contribution in [0.15, 0.2) is 0 Å². The molecule has 0 saturated heterocycles. The highest BCUT2D eigenvalue weighted by molar-refractivity contribution is 7.80. The van der Waals surface area contributed by atoms with Crippen molar-refractivity contribution in [1.29, 1.82) is 0 Å². The maximum Gasteiger partial charge on any atom is 0.299 e. The Bertz CT molecular complexity index is 603. The topological polar surface area (TPSA) is 114 Å². The van der Waals surface area contributed by atoms with Crippen molar-refractivity contribution in [3.05, 3.63) is 11.6 Å². The molecule has 9 heteroatoms. The number of rotatable bonds is 13. The second-order valence-electron chi connectivity index (χ2n) is 6.45. The monoisotopic (exact) mass is 406 g/mol. The zero-order valence-electron chi connectivity index (χ0n) is 17.4. The number of hydrogen-bond donors (Lipinski definition) is 1. The SMILES string of the molecule is CCCCCCc1nn(CC)c(CCCCCC)[n+]1N.CCOS(=O)(=O)[O-]. The molecule has 160 valence electrons. The second-order valence-corrected chi connectivity index (χ2v) is 7.51. The van der Waals surface area contributed by atoms with Crippen LogP contribution in [0.5, 0.6) is 0 Å². The van der Waals surface area contributed by atoms with Gasteiger partial charge >= 0.3 is 0 Å². The molecule has 0 aliphatic rings. The maximum atomic E-state index is 9.45. The summed E-state index contributed by atoms with van der Waals surface area (Å²) in [5.74, 6) is 8.48. The smallest absolute Gasteiger partial charge is 0.299 e. The molecule has 0 atom stereocenters. The van der Waals surface area contributed by atoms with Crippen LogP contribution in [-0.4, -0.2) is 29.4 Å². The molecule has 0 aliphatic heterocycles. The van der Waals surface area contributed by atoms with E-state index in [2.05, 4.69) is 34.7 Å². The van der Waals surface area contributed by atoms with Crippen molar-refractivity contribution in [2.24, 2.45) is 0 Å². The largest absolute Gasteiger partial charge is 0.726 e. The van der Waals surface area contributed by atoms with E-state index in [1.54, 1.807) is 0 Å². The number of nitrogens with two attached hydrogens (primary N) is 1. The first-order valence-electron chi connectivity index (χ1n) is 10.2. The molecule has 27 heavy (non-hydrogen) atoms. The van der Waals surface area contributed by atoms with Crippen LogP contribution in [0.1, 0.15) is 90.7 Å². The van der Waals surface area contributed by atoms with Crippen LogP contribution in [-0.2, 0) is 34.0 Å². The van der Waals surface area contributed by atoms with Gasteiger partial charge in [-0.25, -0.2) is 8.42 Å². The lowest BCUT2D eigenvalue weighted by Gasteiger charge is -2.02. The fraction of sp³-hybridized carbons (Fsp3) is 0.889. The molecule has 0 fully saturated rings. The highest BCUT2D eigenvalue weighted by Gasteiger charge is 2.22. The molecule has 0 bridgehead atoms. The van der Waals surface area contributed by atoms with Crippen molar-refractivity contribution in [2.45, 2.75) is 98.4 Å². The van der Waals surface area contributed by atoms with Crippen molar-refractivity contribution in [3.8, 4) is 0 Å². The van der Waals surface area contributed by atoms with Gasteiger partial charge in [0.05, 0.1) is 6.61 Å². The lowest BCUT2D eigenvalue weighted by molar-refractivity contribution is -0.655. The highest BCUT2D eigenvalue weighted by atomic mass is 32.3. The Labute approximate surface area is 165 Å². The molecule has 2 N–H and O–H groups in total. The summed E-state index contributed by atoms with van der Waals surface area (Å²) in [6, 6.07) is 0. The van der Waals surface area contributed by atoms with E-state index in [1.807, 2.05) is 4.68 Å². The molecule has 0 aromatic carbocycles. The van der Waals surface area contributed by atoms with Gasteiger partial charge in [0.15, 0.2) is 0 Å². The van der Waals surface area contributed by atoms with E-state index in [-0.39, 0.29) is 6.61 Å². The average molecular weight is 407 g/mol. The number of unbranched alkanes of at least 4 members (excludes halogenated alkanes) is 6. The number of nitrogen functional groups attached to an aromatic ring is 1. The molecule has 1 aromatic rings. The minimum atomic E-state index is -4.42. The first-order chi connectivity index (χ1) is 12.8. The normalized spacial score (nSPS) is 11.3. The minimum absolute atomic E-state index is 0.0914. The van der Waals surface area contributed by atoms with Crippen LogP contribution in [0.4, 0.5) is 0 Å². The van der Waals surface area contributed by atoms with Crippen LogP contribution in [0, 0.1) is 0 Å². The van der Waals surface area contributed by atoms with Crippen molar-refractivity contribution < 1.29 is 21.8 Å². The third-order valence-corrected chi connectivity index (χ3v) is 4.68. The predicted molar refractivity (Wildman–Crippen MR) is 105 cm³/mol. The fourth-order valence-corrected chi connectivity index (χ4v) is 3.04. The lowest BCUT2D eigenvalue weighted by atomic mass is 10.1. The zero-order valence-corrected chi connectivity index (χ0v) is 18.3. The van der Waals surface area contributed by atoms with E-state index >= 15 is 0 Å². The third-order valence-electron chi connectivity index (χ3n) is 4.16. The van der Waals surface area contributed by atoms with Crippen LogP contribution in [0.3, 0.4) is 0 Å². The molecule has 0 amide bonds. The molecule has 0 saturated carbocycles. The molecule has 8 nitrogen and oxygen atoms in total. The summed E-state index contributed by atoms with van der Waals surface area (Å²) >= 11 is 0. The number of hydrogen-bond acceptors (Lipinski definition) is 6. The van der Waals surface area contributed by atoms with Crippen LogP contribution >= 0.6 is 0 Å². The Balaban J connectivity index is 0.000000821. The summed E-state index contributed by atoms with van der Waals surface area (Å²) < 4.78 is 35.9. The summed E-state index contributed by atoms with van der Waals surface area (Å²) in [5, 5.41) is 4.68. The van der Waals surface area contributed by atoms with E-state index in [0.717, 1.165) is 25.2 Å². The van der Waals surface area contributed by atoms with Gasteiger partial charge in [0, 0.05) is 17.9 Å². The van der Waals surface area contributed by atoms with E-state index < -0.39 is 10.4 Å². The van der Waals surface area contributed by atoms with Gasteiger partial charge in [-0.3, -0.25) is 10.0 Å². The third kappa shape index (κ3) is 12.0.